The first-order valence-corrected chi connectivity index (χ1v) is 7.03. The van der Waals surface area contributed by atoms with Crippen LogP contribution in [0.15, 0.2) is 17.3 Å². The Morgan fingerprint density at radius 3 is 2.41 bits per heavy atom. The fraction of sp³-hybridized carbons (Fsp3) is 0.600. The van der Waals surface area contributed by atoms with Gasteiger partial charge in [-0.3, -0.25) is 0 Å². The molecule has 0 aromatic carbocycles. The van der Waals surface area contributed by atoms with Crippen LogP contribution in [0, 0.1) is 5.92 Å². The quantitative estimate of drug-likeness (QED) is 0.805. The number of nitrogens with zero attached hydrogens (tertiary/aromatic N) is 2. The van der Waals surface area contributed by atoms with E-state index in [0.29, 0.717) is 11.9 Å². The number of rotatable bonds is 5. The second kappa shape index (κ2) is 4.58. The molecule has 1 aliphatic carbocycles. The maximum absolute atomic E-state index is 12.0. The molecule has 6 nitrogen and oxygen atoms in total. The predicted octanol–water partition coefficient (Wildman–Crippen LogP) is 0.595. The van der Waals surface area contributed by atoms with Crippen LogP contribution in [0.25, 0.3) is 0 Å². The third-order valence-electron chi connectivity index (χ3n) is 2.83. The van der Waals surface area contributed by atoms with Crippen molar-refractivity contribution in [2.24, 2.45) is 5.92 Å². The Hall–Kier alpha value is -1.21. The van der Waals surface area contributed by atoms with Crippen molar-refractivity contribution >= 4 is 16.0 Å². The van der Waals surface area contributed by atoms with E-state index in [1.54, 1.807) is 7.05 Å². The van der Waals surface area contributed by atoms with Gasteiger partial charge in [0.25, 0.3) is 0 Å². The second-order valence-electron chi connectivity index (χ2n) is 4.24. The van der Waals surface area contributed by atoms with E-state index in [-0.39, 0.29) is 10.9 Å². The van der Waals surface area contributed by atoms with Crippen molar-refractivity contribution in [1.82, 2.24) is 14.7 Å². The fourth-order valence-corrected chi connectivity index (χ4v) is 2.79. The summed E-state index contributed by atoms with van der Waals surface area (Å²) in [6, 6.07) is -0.0241. The zero-order chi connectivity index (χ0) is 12.5. The Labute approximate surface area is 101 Å². The normalized spacial score (nSPS) is 17.8. The summed E-state index contributed by atoms with van der Waals surface area (Å²) in [5.41, 5.74) is 0. The van der Waals surface area contributed by atoms with Gasteiger partial charge in [-0.2, -0.15) is 0 Å². The van der Waals surface area contributed by atoms with Crippen molar-refractivity contribution in [3.05, 3.63) is 12.4 Å². The molecule has 1 aliphatic rings. The van der Waals surface area contributed by atoms with Crippen molar-refractivity contribution in [2.45, 2.75) is 30.7 Å². The minimum absolute atomic E-state index is 0.0241. The lowest BCUT2D eigenvalue weighted by molar-refractivity contribution is 0.537. The molecule has 2 N–H and O–H groups in total. The SMILES string of the molecule is CNc1ncc(S(=O)(=O)NC(C)C2CC2)cn1. The Balaban J connectivity index is 2.12. The van der Waals surface area contributed by atoms with Crippen molar-refractivity contribution < 1.29 is 8.42 Å². The number of nitrogens with one attached hydrogen (secondary N) is 2. The van der Waals surface area contributed by atoms with Crippen molar-refractivity contribution in [3.8, 4) is 0 Å². The summed E-state index contributed by atoms with van der Waals surface area (Å²) < 4.78 is 26.6. The smallest absolute Gasteiger partial charge is 0.243 e. The molecule has 1 unspecified atom stereocenters. The van der Waals surface area contributed by atoms with Gasteiger partial charge in [0.1, 0.15) is 4.90 Å². The summed E-state index contributed by atoms with van der Waals surface area (Å²) in [6.07, 6.45) is 4.80. The molecule has 1 atom stereocenters. The summed E-state index contributed by atoms with van der Waals surface area (Å²) in [4.78, 5) is 7.88. The van der Waals surface area contributed by atoms with Gasteiger partial charge in [-0.15, -0.1) is 0 Å². The molecule has 0 radical (unpaired) electrons. The zero-order valence-electron chi connectivity index (χ0n) is 9.84. The van der Waals surface area contributed by atoms with Crippen LogP contribution in [0.4, 0.5) is 5.95 Å². The first kappa shape index (κ1) is 12.3. The molecule has 17 heavy (non-hydrogen) atoms. The van der Waals surface area contributed by atoms with Crippen LogP contribution >= 0.6 is 0 Å². The standard InChI is InChI=1S/C10H16N4O2S/c1-7(8-3-4-8)14-17(15,16)9-5-12-10(11-2)13-6-9/h5-8,14H,3-4H2,1-2H3,(H,11,12,13). The summed E-state index contributed by atoms with van der Waals surface area (Å²) in [5.74, 6) is 0.876. The number of hydrogen-bond acceptors (Lipinski definition) is 5. The lowest BCUT2D eigenvalue weighted by atomic mass is 10.2. The molecule has 1 aromatic heterocycles. The van der Waals surface area contributed by atoms with Gasteiger partial charge >= 0.3 is 0 Å². The van der Waals surface area contributed by atoms with E-state index in [0.717, 1.165) is 12.8 Å². The Morgan fingerprint density at radius 1 is 1.35 bits per heavy atom. The highest BCUT2D eigenvalue weighted by Gasteiger charge is 2.31. The number of hydrogen-bond donors (Lipinski definition) is 2. The molecule has 1 heterocycles. The number of aromatic nitrogens is 2. The molecule has 0 aliphatic heterocycles. The maximum atomic E-state index is 12.0. The van der Waals surface area contributed by atoms with Crippen molar-refractivity contribution in [3.63, 3.8) is 0 Å². The van der Waals surface area contributed by atoms with Crippen LogP contribution in [0.5, 0.6) is 0 Å². The Kier molecular flexibility index (Phi) is 3.30. The molecule has 0 amide bonds. The van der Waals surface area contributed by atoms with Crippen LogP contribution in [0.2, 0.25) is 0 Å². The van der Waals surface area contributed by atoms with Gasteiger partial charge in [-0.05, 0) is 25.7 Å². The highest BCUT2D eigenvalue weighted by Crippen LogP contribution is 2.32. The van der Waals surface area contributed by atoms with E-state index >= 15 is 0 Å². The topological polar surface area (TPSA) is 84.0 Å². The van der Waals surface area contributed by atoms with Gasteiger partial charge in [-0.25, -0.2) is 23.1 Å². The monoisotopic (exact) mass is 256 g/mol. The van der Waals surface area contributed by atoms with Gasteiger partial charge in [0.2, 0.25) is 16.0 Å². The largest absolute Gasteiger partial charge is 0.357 e. The highest BCUT2D eigenvalue weighted by molar-refractivity contribution is 7.89. The second-order valence-corrected chi connectivity index (χ2v) is 5.95. The summed E-state index contributed by atoms with van der Waals surface area (Å²) in [5, 5.41) is 2.74. The maximum Gasteiger partial charge on any atom is 0.243 e. The minimum atomic E-state index is -3.49. The van der Waals surface area contributed by atoms with Crippen LogP contribution < -0.4 is 10.0 Å². The van der Waals surface area contributed by atoms with Gasteiger partial charge in [-0.1, -0.05) is 0 Å². The highest BCUT2D eigenvalue weighted by atomic mass is 32.2. The van der Waals surface area contributed by atoms with Crippen molar-refractivity contribution in [1.29, 1.82) is 0 Å². The molecule has 2 rings (SSSR count). The van der Waals surface area contributed by atoms with Crippen LogP contribution in [-0.2, 0) is 10.0 Å². The molecule has 94 valence electrons. The van der Waals surface area contributed by atoms with E-state index in [2.05, 4.69) is 20.0 Å². The summed E-state index contributed by atoms with van der Waals surface area (Å²) in [7, 11) is -1.81. The third-order valence-corrected chi connectivity index (χ3v) is 4.35. The Morgan fingerprint density at radius 2 is 1.94 bits per heavy atom. The van der Waals surface area contributed by atoms with E-state index in [1.807, 2.05) is 6.92 Å². The molecule has 7 heteroatoms. The first-order chi connectivity index (χ1) is 8.03. The van der Waals surface area contributed by atoms with Gasteiger partial charge in [0.05, 0.1) is 12.4 Å². The summed E-state index contributed by atoms with van der Waals surface area (Å²) >= 11 is 0. The molecule has 1 saturated carbocycles. The molecule has 1 fully saturated rings. The van der Waals surface area contributed by atoms with Crippen LogP contribution in [0.3, 0.4) is 0 Å². The van der Waals surface area contributed by atoms with E-state index in [4.69, 9.17) is 0 Å². The molecular weight excluding hydrogens is 240 g/mol. The minimum Gasteiger partial charge on any atom is -0.357 e. The van der Waals surface area contributed by atoms with Crippen LogP contribution in [-0.4, -0.2) is 31.5 Å². The van der Waals surface area contributed by atoms with Crippen LogP contribution in [0.1, 0.15) is 19.8 Å². The lowest BCUT2D eigenvalue weighted by Crippen LogP contribution is -2.34. The predicted molar refractivity (Wildman–Crippen MR) is 64.1 cm³/mol. The van der Waals surface area contributed by atoms with E-state index < -0.39 is 10.0 Å². The molecular formula is C10H16N4O2S. The lowest BCUT2D eigenvalue weighted by Gasteiger charge is -2.12. The Bertz CT molecular complexity index is 482. The summed E-state index contributed by atoms with van der Waals surface area (Å²) in [6.45, 7) is 1.89. The molecule has 1 aromatic rings. The average molecular weight is 256 g/mol. The van der Waals surface area contributed by atoms with Gasteiger partial charge < -0.3 is 5.32 Å². The average Bonchev–Trinajstić information content (AvgIpc) is 3.12. The molecule has 0 saturated heterocycles. The zero-order valence-corrected chi connectivity index (χ0v) is 10.7. The number of sulfonamides is 1. The first-order valence-electron chi connectivity index (χ1n) is 5.55. The van der Waals surface area contributed by atoms with Gasteiger partial charge in [0, 0.05) is 13.1 Å². The van der Waals surface area contributed by atoms with E-state index in [1.165, 1.54) is 12.4 Å². The molecule has 0 bridgehead atoms. The van der Waals surface area contributed by atoms with Crippen molar-refractivity contribution in [2.75, 3.05) is 12.4 Å². The van der Waals surface area contributed by atoms with E-state index in [9.17, 15) is 8.42 Å². The number of anilines is 1. The molecule has 0 spiro atoms. The van der Waals surface area contributed by atoms with Gasteiger partial charge in [0.15, 0.2) is 0 Å². The fourth-order valence-electron chi connectivity index (χ4n) is 1.59. The third kappa shape index (κ3) is 2.92.